The van der Waals surface area contributed by atoms with Crippen LogP contribution in [0.1, 0.15) is 17.0 Å². The van der Waals surface area contributed by atoms with Crippen molar-refractivity contribution < 1.29 is 12.8 Å². The number of hydrogen-bond acceptors (Lipinski definition) is 4. The van der Waals surface area contributed by atoms with Gasteiger partial charge in [-0.05, 0) is 41.5 Å². The van der Waals surface area contributed by atoms with E-state index < -0.39 is 15.6 Å². The summed E-state index contributed by atoms with van der Waals surface area (Å²) in [5.41, 5.74) is 2.91. The fourth-order valence-electron chi connectivity index (χ4n) is 3.97. The molecular formula is C25H20N2O4S. The van der Waals surface area contributed by atoms with Gasteiger partial charge >= 0.3 is 5.63 Å². The zero-order chi connectivity index (χ0) is 22.1. The normalized spacial score (nSPS) is 12.9. The fraction of sp³-hybridized carbons (Fsp3) is 0.0800. The van der Waals surface area contributed by atoms with E-state index in [4.69, 9.17) is 4.42 Å². The van der Waals surface area contributed by atoms with Gasteiger partial charge in [-0.1, -0.05) is 48.5 Å². The maximum atomic E-state index is 13.1. The van der Waals surface area contributed by atoms with Crippen LogP contribution >= 0.6 is 0 Å². The molecule has 5 aromatic rings. The monoisotopic (exact) mass is 444 g/mol. The Kier molecular flexibility index (Phi) is 5.13. The second kappa shape index (κ2) is 8.11. The Morgan fingerprint density at radius 3 is 2.53 bits per heavy atom. The lowest BCUT2D eigenvalue weighted by molar-refractivity contribution is 0.560. The molecule has 0 unspecified atom stereocenters. The SMILES string of the molecule is O=c1ccc2cc(S(=O)(=O)NC[C@H](c3ccccc3)c3c[nH]c4ccccc34)ccc2o1. The molecule has 0 radical (unpaired) electrons. The number of fused-ring (bicyclic) bond motifs is 2. The van der Waals surface area contributed by atoms with Crippen LogP contribution in [0.25, 0.3) is 21.9 Å². The smallest absolute Gasteiger partial charge is 0.336 e. The van der Waals surface area contributed by atoms with Gasteiger partial charge in [0, 0.05) is 41.0 Å². The van der Waals surface area contributed by atoms with Gasteiger partial charge in [-0.2, -0.15) is 0 Å². The van der Waals surface area contributed by atoms with E-state index >= 15 is 0 Å². The largest absolute Gasteiger partial charge is 0.423 e. The van der Waals surface area contributed by atoms with Crippen molar-refractivity contribution in [2.45, 2.75) is 10.8 Å². The fourth-order valence-corrected chi connectivity index (χ4v) is 5.05. The summed E-state index contributed by atoms with van der Waals surface area (Å²) in [4.78, 5) is 14.8. The second-order valence-electron chi connectivity index (χ2n) is 7.56. The number of para-hydroxylation sites is 1. The number of benzene rings is 3. The number of rotatable bonds is 6. The van der Waals surface area contributed by atoms with Crippen molar-refractivity contribution in [2.75, 3.05) is 6.54 Å². The Balaban J connectivity index is 1.49. The molecule has 0 amide bonds. The summed E-state index contributed by atoms with van der Waals surface area (Å²) in [7, 11) is -3.79. The molecule has 7 heteroatoms. The molecule has 1 atom stereocenters. The van der Waals surface area contributed by atoms with Gasteiger partial charge in [0.25, 0.3) is 0 Å². The average molecular weight is 445 g/mol. The van der Waals surface area contributed by atoms with Crippen LogP contribution in [0.4, 0.5) is 0 Å². The third kappa shape index (κ3) is 3.84. The Labute approximate surface area is 184 Å². The van der Waals surface area contributed by atoms with Crippen molar-refractivity contribution in [1.29, 1.82) is 0 Å². The Morgan fingerprint density at radius 1 is 0.906 bits per heavy atom. The van der Waals surface area contributed by atoms with Crippen molar-refractivity contribution in [2.24, 2.45) is 0 Å². The number of aromatic nitrogens is 1. The maximum absolute atomic E-state index is 13.1. The van der Waals surface area contributed by atoms with Crippen LogP contribution in [0.2, 0.25) is 0 Å². The molecule has 2 N–H and O–H groups in total. The predicted octanol–water partition coefficient (Wildman–Crippen LogP) is 4.38. The van der Waals surface area contributed by atoms with Gasteiger partial charge in [0.05, 0.1) is 4.90 Å². The minimum Gasteiger partial charge on any atom is -0.423 e. The third-order valence-electron chi connectivity index (χ3n) is 5.58. The maximum Gasteiger partial charge on any atom is 0.336 e. The zero-order valence-corrected chi connectivity index (χ0v) is 17.8. The first-order chi connectivity index (χ1) is 15.5. The van der Waals surface area contributed by atoms with Crippen LogP contribution in [0, 0.1) is 0 Å². The molecule has 2 heterocycles. The van der Waals surface area contributed by atoms with Gasteiger partial charge in [0.1, 0.15) is 5.58 Å². The van der Waals surface area contributed by atoms with Crippen molar-refractivity contribution in [3.63, 3.8) is 0 Å². The molecule has 5 rings (SSSR count). The summed E-state index contributed by atoms with van der Waals surface area (Å²) in [6.07, 6.45) is 1.94. The molecule has 160 valence electrons. The first-order valence-corrected chi connectivity index (χ1v) is 11.6. The van der Waals surface area contributed by atoms with Crippen molar-refractivity contribution in [3.05, 3.63) is 113 Å². The molecule has 0 spiro atoms. The molecule has 3 aromatic carbocycles. The van der Waals surface area contributed by atoms with Crippen LogP contribution in [0.3, 0.4) is 0 Å². The van der Waals surface area contributed by atoms with Crippen LogP contribution in [-0.2, 0) is 10.0 Å². The highest BCUT2D eigenvalue weighted by Crippen LogP contribution is 2.31. The van der Waals surface area contributed by atoms with E-state index in [1.807, 2.05) is 60.8 Å². The number of hydrogen-bond donors (Lipinski definition) is 2. The number of sulfonamides is 1. The zero-order valence-electron chi connectivity index (χ0n) is 17.0. The van der Waals surface area contributed by atoms with Gasteiger partial charge in [-0.25, -0.2) is 17.9 Å². The van der Waals surface area contributed by atoms with Crippen LogP contribution in [0.5, 0.6) is 0 Å². The quantitative estimate of drug-likeness (QED) is 0.380. The van der Waals surface area contributed by atoms with Crippen molar-refractivity contribution >= 4 is 31.9 Å². The van der Waals surface area contributed by atoms with Gasteiger partial charge < -0.3 is 9.40 Å². The molecule has 2 aromatic heterocycles. The second-order valence-corrected chi connectivity index (χ2v) is 9.33. The summed E-state index contributed by atoms with van der Waals surface area (Å²) >= 11 is 0. The number of H-pyrrole nitrogens is 1. The minimum atomic E-state index is -3.79. The summed E-state index contributed by atoms with van der Waals surface area (Å²) < 4.78 is 34.1. The Hall–Kier alpha value is -3.68. The van der Waals surface area contributed by atoms with E-state index in [9.17, 15) is 13.2 Å². The van der Waals surface area contributed by atoms with Gasteiger partial charge in [-0.3, -0.25) is 0 Å². The molecule has 0 aliphatic heterocycles. The summed E-state index contributed by atoms with van der Waals surface area (Å²) in [5.74, 6) is -0.180. The number of nitrogens with one attached hydrogen (secondary N) is 2. The van der Waals surface area contributed by atoms with Crippen LogP contribution in [0.15, 0.2) is 105 Å². The lowest BCUT2D eigenvalue weighted by Crippen LogP contribution is -2.29. The molecule has 0 saturated heterocycles. The number of aromatic amines is 1. The van der Waals surface area contributed by atoms with E-state index in [2.05, 4.69) is 9.71 Å². The molecule has 6 nitrogen and oxygen atoms in total. The first kappa shape index (κ1) is 20.2. The first-order valence-electron chi connectivity index (χ1n) is 10.2. The van der Waals surface area contributed by atoms with Gasteiger partial charge in [0.2, 0.25) is 10.0 Å². The molecule has 0 aliphatic rings. The van der Waals surface area contributed by atoms with Crippen molar-refractivity contribution in [1.82, 2.24) is 9.71 Å². The van der Waals surface area contributed by atoms with E-state index in [1.54, 1.807) is 6.07 Å². The molecule has 0 bridgehead atoms. The average Bonchev–Trinajstić information content (AvgIpc) is 3.23. The standard InChI is InChI=1S/C25H20N2O4S/c28-25-13-10-18-14-19(11-12-24(18)31-25)32(29,30)27-16-21(17-6-2-1-3-7-17)22-15-26-23-9-5-4-8-20(22)23/h1-15,21,26-27H,16H2/t21-/m1/s1. The summed E-state index contributed by atoms with van der Waals surface area (Å²) in [5, 5.41) is 1.60. The lowest BCUT2D eigenvalue weighted by Gasteiger charge is -2.18. The van der Waals surface area contributed by atoms with Crippen molar-refractivity contribution in [3.8, 4) is 0 Å². The van der Waals surface area contributed by atoms with E-state index in [0.29, 0.717) is 11.0 Å². The highest BCUT2D eigenvalue weighted by atomic mass is 32.2. The highest BCUT2D eigenvalue weighted by Gasteiger charge is 2.22. The third-order valence-corrected chi connectivity index (χ3v) is 7.00. The molecule has 0 fully saturated rings. The van der Waals surface area contributed by atoms with Crippen LogP contribution in [-0.4, -0.2) is 19.9 Å². The van der Waals surface area contributed by atoms with E-state index in [0.717, 1.165) is 22.0 Å². The highest BCUT2D eigenvalue weighted by molar-refractivity contribution is 7.89. The molecule has 32 heavy (non-hydrogen) atoms. The Morgan fingerprint density at radius 2 is 1.69 bits per heavy atom. The molecule has 0 saturated carbocycles. The summed E-state index contributed by atoms with van der Waals surface area (Å²) in [6, 6.07) is 25.1. The Bertz CT molecular complexity index is 1570. The van der Waals surface area contributed by atoms with Gasteiger partial charge in [-0.15, -0.1) is 0 Å². The van der Waals surface area contributed by atoms with Crippen LogP contribution < -0.4 is 10.3 Å². The topological polar surface area (TPSA) is 92.2 Å². The lowest BCUT2D eigenvalue weighted by atomic mass is 9.91. The molecule has 0 aliphatic carbocycles. The minimum absolute atomic E-state index is 0.115. The van der Waals surface area contributed by atoms with Gasteiger partial charge in [0.15, 0.2) is 0 Å². The molecular weight excluding hydrogens is 424 g/mol. The summed E-state index contributed by atoms with van der Waals surface area (Å²) in [6.45, 7) is 0.191. The van der Waals surface area contributed by atoms with E-state index in [1.165, 1.54) is 24.3 Å². The van der Waals surface area contributed by atoms with E-state index in [-0.39, 0.29) is 17.4 Å². The predicted molar refractivity (Wildman–Crippen MR) is 124 cm³/mol.